The molecule has 0 unspecified atom stereocenters. The zero-order valence-electron chi connectivity index (χ0n) is 12.4. The molecule has 7 heteroatoms. The van der Waals surface area contributed by atoms with Gasteiger partial charge < -0.3 is 15.8 Å². The molecule has 0 bridgehead atoms. The van der Waals surface area contributed by atoms with Crippen molar-refractivity contribution in [2.75, 3.05) is 24.2 Å². The second-order valence-electron chi connectivity index (χ2n) is 5.36. The van der Waals surface area contributed by atoms with Crippen LogP contribution in [0.3, 0.4) is 0 Å². The van der Waals surface area contributed by atoms with Gasteiger partial charge in [0.15, 0.2) is 5.82 Å². The first kappa shape index (κ1) is 13.7. The molecule has 0 radical (unpaired) electrons. The Bertz CT molecular complexity index is 928. The number of nitrogens with zero attached hydrogens (tertiary/aromatic N) is 3. The van der Waals surface area contributed by atoms with Gasteiger partial charge in [0.25, 0.3) is 0 Å². The molecule has 3 N–H and O–H groups in total. The van der Waals surface area contributed by atoms with Gasteiger partial charge in [0.05, 0.1) is 11.2 Å². The summed E-state index contributed by atoms with van der Waals surface area (Å²) in [4.78, 5) is 12.3. The SMILES string of the molecule is Cc1c(-c2cc3ncncc3c(N)c2F)cnc2c1NCCO2. The Balaban J connectivity index is 1.98. The molecule has 0 saturated heterocycles. The number of anilines is 2. The van der Waals surface area contributed by atoms with Crippen LogP contribution in [0, 0.1) is 12.7 Å². The first-order valence-corrected chi connectivity index (χ1v) is 7.21. The van der Waals surface area contributed by atoms with E-state index in [1.54, 1.807) is 12.3 Å². The number of nitrogens with one attached hydrogen (secondary N) is 1. The highest BCUT2D eigenvalue weighted by Crippen LogP contribution is 2.38. The van der Waals surface area contributed by atoms with Gasteiger partial charge in [-0.3, -0.25) is 0 Å². The van der Waals surface area contributed by atoms with Crippen LogP contribution < -0.4 is 15.8 Å². The maximum Gasteiger partial charge on any atom is 0.237 e. The third kappa shape index (κ3) is 2.04. The topological polar surface area (TPSA) is 86.0 Å². The van der Waals surface area contributed by atoms with Crippen LogP contribution in [0.4, 0.5) is 15.8 Å². The Morgan fingerprint density at radius 1 is 1.26 bits per heavy atom. The van der Waals surface area contributed by atoms with Crippen molar-refractivity contribution in [1.82, 2.24) is 15.0 Å². The maximum absolute atomic E-state index is 14.8. The minimum atomic E-state index is -0.492. The summed E-state index contributed by atoms with van der Waals surface area (Å²) in [5, 5.41) is 3.74. The zero-order chi connectivity index (χ0) is 16.0. The van der Waals surface area contributed by atoms with Crippen LogP contribution in [0.5, 0.6) is 5.88 Å². The first-order chi connectivity index (χ1) is 11.2. The summed E-state index contributed by atoms with van der Waals surface area (Å²) in [7, 11) is 0. The van der Waals surface area contributed by atoms with Gasteiger partial charge in [-0.25, -0.2) is 19.3 Å². The van der Waals surface area contributed by atoms with Crippen LogP contribution in [-0.4, -0.2) is 28.1 Å². The van der Waals surface area contributed by atoms with Crippen LogP contribution >= 0.6 is 0 Å². The second kappa shape index (κ2) is 5.05. The van der Waals surface area contributed by atoms with E-state index in [1.807, 2.05) is 6.92 Å². The van der Waals surface area contributed by atoms with Crippen molar-refractivity contribution >= 4 is 22.3 Å². The number of aromatic nitrogens is 3. The fraction of sp³-hybridized carbons (Fsp3) is 0.188. The lowest BCUT2D eigenvalue weighted by Gasteiger charge is -2.21. The van der Waals surface area contributed by atoms with E-state index in [-0.39, 0.29) is 5.69 Å². The average Bonchev–Trinajstić information content (AvgIpc) is 2.59. The Kier molecular flexibility index (Phi) is 3.00. The molecule has 3 heterocycles. The molecule has 3 aromatic rings. The number of ether oxygens (including phenoxy) is 1. The van der Waals surface area contributed by atoms with E-state index >= 15 is 0 Å². The van der Waals surface area contributed by atoms with Crippen molar-refractivity contribution in [1.29, 1.82) is 0 Å². The molecule has 6 nitrogen and oxygen atoms in total. The zero-order valence-corrected chi connectivity index (χ0v) is 12.4. The van der Waals surface area contributed by atoms with Gasteiger partial charge >= 0.3 is 0 Å². The second-order valence-corrected chi connectivity index (χ2v) is 5.36. The number of hydrogen-bond acceptors (Lipinski definition) is 6. The third-order valence-electron chi connectivity index (χ3n) is 4.02. The van der Waals surface area contributed by atoms with E-state index in [9.17, 15) is 4.39 Å². The number of nitrogens with two attached hydrogens (primary N) is 1. The minimum Gasteiger partial charge on any atom is -0.474 e. The number of fused-ring (bicyclic) bond motifs is 2. The summed E-state index contributed by atoms with van der Waals surface area (Å²) in [5.41, 5.74) is 9.24. The van der Waals surface area contributed by atoms with Crippen molar-refractivity contribution in [2.45, 2.75) is 6.92 Å². The number of halogens is 1. The molecule has 23 heavy (non-hydrogen) atoms. The largest absolute Gasteiger partial charge is 0.474 e. The summed E-state index contributed by atoms with van der Waals surface area (Å²) in [6, 6.07) is 1.67. The Morgan fingerprint density at radius 2 is 2.13 bits per heavy atom. The van der Waals surface area contributed by atoms with Crippen molar-refractivity contribution in [3.8, 4) is 17.0 Å². The van der Waals surface area contributed by atoms with E-state index in [4.69, 9.17) is 10.5 Å². The van der Waals surface area contributed by atoms with Gasteiger partial charge in [-0.05, 0) is 18.6 Å². The third-order valence-corrected chi connectivity index (χ3v) is 4.02. The first-order valence-electron chi connectivity index (χ1n) is 7.21. The number of hydrogen-bond donors (Lipinski definition) is 2. The number of pyridine rings is 1. The number of rotatable bonds is 1. The summed E-state index contributed by atoms with van der Waals surface area (Å²) in [6.07, 6.45) is 4.53. The van der Waals surface area contributed by atoms with Crippen molar-refractivity contribution in [3.63, 3.8) is 0 Å². The average molecular weight is 311 g/mol. The summed E-state index contributed by atoms with van der Waals surface area (Å²) in [5.74, 6) is 0.0443. The predicted octanol–water partition coefficient (Wildman–Crippen LogP) is 2.53. The van der Waals surface area contributed by atoms with E-state index in [0.29, 0.717) is 41.1 Å². The standard InChI is InChI=1S/C16H14FN5O/c1-8-10(6-21-16-15(8)20-2-3-23-16)9-4-12-11(5-19-7-22-12)14(18)13(9)17/h4-7,20H,2-3,18H2,1H3. The van der Waals surface area contributed by atoms with E-state index in [1.165, 1.54) is 12.5 Å². The van der Waals surface area contributed by atoms with Crippen LogP contribution in [0.25, 0.3) is 22.0 Å². The molecule has 0 fully saturated rings. The molecular formula is C16H14FN5O. The van der Waals surface area contributed by atoms with Gasteiger partial charge in [-0.1, -0.05) is 0 Å². The highest BCUT2D eigenvalue weighted by Gasteiger charge is 2.20. The molecular weight excluding hydrogens is 297 g/mol. The molecule has 0 amide bonds. The summed E-state index contributed by atoms with van der Waals surface area (Å²) >= 11 is 0. The number of nitrogen functional groups attached to an aromatic ring is 1. The quantitative estimate of drug-likeness (QED) is 0.672. The normalized spacial score (nSPS) is 13.3. The lowest BCUT2D eigenvalue weighted by molar-refractivity contribution is 0.310. The lowest BCUT2D eigenvalue weighted by atomic mass is 9.98. The van der Waals surface area contributed by atoms with Crippen LogP contribution in [-0.2, 0) is 0 Å². The fourth-order valence-corrected chi connectivity index (χ4v) is 2.81. The highest BCUT2D eigenvalue weighted by molar-refractivity contribution is 5.95. The van der Waals surface area contributed by atoms with Crippen LogP contribution in [0.15, 0.2) is 24.8 Å². The molecule has 0 spiro atoms. The van der Waals surface area contributed by atoms with Crippen LogP contribution in [0.1, 0.15) is 5.56 Å². The fourth-order valence-electron chi connectivity index (χ4n) is 2.81. The van der Waals surface area contributed by atoms with Gasteiger partial charge in [-0.15, -0.1) is 0 Å². The van der Waals surface area contributed by atoms with Gasteiger partial charge in [0, 0.05) is 35.5 Å². The van der Waals surface area contributed by atoms with E-state index in [0.717, 1.165) is 11.3 Å². The van der Waals surface area contributed by atoms with Crippen molar-refractivity contribution in [2.24, 2.45) is 0 Å². The van der Waals surface area contributed by atoms with Crippen LogP contribution in [0.2, 0.25) is 0 Å². The lowest BCUT2D eigenvalue weighted by Crippen LogP contribution is -2.20. The van der Waals surface area contributed by atoms with Crippen molar-refractivity contribution in [3.05, 3.63) is 36.2 Å². The van der Waals surface area contributed by atoms with Gasteiger partial charge in [-0.2, -0.15) is 0 Å². The predicted molar refractivity (Wildman–Crippen MR) is 85.9 cm³/mol. The Morgan fingerprint density at radius 3 is 3.00 bits per heavy atom. The summed E-state index contributed by atoms with van der Waals surface area (Å²) < 4.78 is 20.3. The maximum atomic E-state index is 14.8. The smallest absolute Gasteiger partial charge is 0.237 e. The monoisotopic (exact) mass is 311 g/mol. The highest BCUT2D eigenvalue weighted by atomic mass is 19.1. The molecule has 0 atom stereocenters. The van der Waals surface area contributed by atoms with E-state index < -0.39 is 5.82 Å². The minimum absolute atomic E-state index is 0.0411. The molecule has 0 aliphatic carbocycles. The molecule has 1 aliphatic heterocycles. The molecule has 1 aromatic carbocycles. The molecule has 4 rings (SSSR count). The number of benzene rings is 1. The molecule has 1 aliphatic rings. The van der Waals surface area contributed by atoms with Crippen molar-refractivity contribution < 1.29 is 9.13 Å². The van der Waals surface area contributed by atoms with Gasteiger partial charge in [0.2, 0.25) is 5.88 Å². The Hall–Kier alpha value is -2.96. The van der Waals surface area contributed by atoms with Gasteiger partial charge in [0.1, 0.15) is 18.6 Å². The molecule has 2 aromatic heterocycles. The summed E-state index contributed by atoms with van der Waals surface area (Å²) in [6.45, 7) is 3.15. The Labute approximate surface area is 131 Å². The van der Waals surface area contributed by atoms with E-state index in [2.05, 4.69) is 20.3 Å². The molecule has 0 saturated carbocycles. The molecule has 116 valence electrons.